The molecule has 1 N–H and O–H groups in total. The van der Waals surface area contributed by atoms with E-state index in [9.17, 15) is 9.18 Å². The zero-order valence-electron chi connectivity index (χ0n) is 16.6. The van der Waals surface area contributed by atoms with Gasteiger partial charge in [-0.05, 0) is 68.1 Å². The summed E-state index contributed by atoms with van der Waals surface area (Å²) in [5.41, 5.74) is 5.59. The Morgan fingerprint density at radius 3 is 2.46 bits per heavy atom. The highest BCUT2D eigenvalue weighted by atomic mass is 19.1. The Kier molecular flexibility index (Phi) is 6.24. The lowest BCUT2D eigenvalue weighted by atomic mass is 10.1. The van der Waals surface area contributed by atoms with Crippen molar-refractivity contribution in [1.82, 2.24) is 15.1 Å². The van der Waals surface area contributed by atoms with E-state index in [4.69, 9.17) is 0 Å². The molecule has 5 heteroatoms. The summed E-state index contributed by atoms with van der Waals surface area (Å²) in [6, 6.07) is 14.0. The van der Waals surface area contributed by atoms with E-state index in [1.807, 2.05) is 23.7 Å². The maximum atomic E-state index is 13.6. The predicted octanol–water partition coefficient (Wildman–Crippen LogP) is 4.55. The number of hydrogen-bond donors (Lipinski definition) is 1. The molecular formula is C23H26FN3O. The van der Waals surface area contributed by atoms with E-state index in [0.717, 1.165) is 29.9 Å². The van der Waals surface area contributed by atoms with E-state index in [-0.39, 0.29) is 11.7 Å². The second-order valence-electron chi connectivity index (χ2n) is 6.96. The number of amides is 1. The molecule has 3 rings (SSSR count). The highest BCUT2D eigenvalue weighted by Crippen LogP contribution is 2.19. The zero-order chi connectivity index (χ0) is 20.1. The standard InChI is InChI=1S/C23H26FN3O/c1-4-7-21-16(2)26-27(17(21)3)20-12-10-19(11-13-20)23(28)25-15-14-18-8-5-6-9-22(18)24/h5-6,8-13H,4,7,14-15H2,1-3H3,(H,25,28). The predicted molar refractivity (Wildman–Crippen MR) is 109 cm³/mol. The Labute approximate surface area is 165 Å². The number of halogens is 1. The molecule has 0 saturated carbocycles. The van der Waals surface area contributed by atoms with E-state index < -0.39 is 0 Å². The van der Waals surface area contributed by atoms with Crippen molar-refractivity contribution in [1.29, 1.82) is 0 Å². The first kappa shape index (κ1) is 19.8. The van der Waals surface area contributed by atoms with E-state index in [0.29, 0.717) is 24.1 Å². The van der Waals surface area contributed by atoms with Crippen LogP contribution in [-0.4, -0.2) is 22.2 Å². The Bertz CT molecular complexity index is 960. The first-order valence-electron chi connectivity index (χ1n) is 9.68. The molecule has 0 bridgehead atoms. The van der Waals surface area contributed by atoms with Crippen LogP contribution in [0.3, 0.4) is 0 Å². The van der Waals surface area contributed by atoms with Gasteiger partial charge in [0, 0.05) is 17.8 Å². The molecule has 0 radical (unpaired) electrons. The molecule has 3 aromatic rings. The number of rotatable bonds is 7. The Morgan fingerprint density at radius 1 is 1.07 bits per heavy atom. The molecule has 1 amide bonds. The van der Waals surface area contributed by atoms with E-state index in [1.165, 1.54) is 11.6 Å². The number of aromatic nitrogens is 2. The zero-order valence-corrected chi connectivity index (χ0v) is 16.6. The van der Waals surface area contributed by atoms with Gasteiger partial charge in [-0.25, -0.2) is 9.07 Å². The molecule has 4 nitrogen and oxygen atoms in total. The number of nitrogens with zero attached hydrogens (tertiary/aromatic N) is 2. The number of carbonyl (C=O) groups excluding carboxylic acids is 1. The van der Waals surface area contributed by atoms with Gasteiger partial charge in [-0.2, -0.15) is 5.10 Å². The van der Waals surface area contributed by atoms with E-state index in [1.54, 1.807) is 30.3 Å². The van der Waals surface area contributed by atoms with Gasteiger partial charge in [0.1, 0.15) is 5.82 Å². The first-order valence-corrected chi connectivity index (χ1v) is 9.68. The number of aryl methyl sites for hydroxylation is 1. The van der Waals surface area contributed by atoms with Crippen LogP contribution in [-0.2, 0) is 12.8 Å². The molecule has 28 heavy (non-hydrogen) atoms. The lowest BCUT2D eigenvalue weighted by Crippen LogP contribution is -2.25. The molecule has 1 aromatic heterocycles. The van der Waals surface area contributed by atoms with Crippen molar-refractivity contribution in [3.63, 3.8) is 0 Å². The van der Waals surface area contributed by atoms with Crippen molar-refractivity contribution in [2.24, 2.45) is 0 Å². The van der Waals surface area contributed by atoms with Crippen LogP contribution in [0.25, 0.3) is 5.69 Å². The van der Waals surface area contributed by atoms with Crippen LogP contribution < -0.4 is 5.32 Å². The fourth-order valence-corrected chi connectivity index (χ4v) is 3.41. The summed E-state index contributed by atoms with van der Waals surface area (Å²) in [6.45, 7) is 6.66. The fraction of sp³-hybridized carbons (Fsp3) is 0.304. The minimum Gasteiger partial charge on any atom is -0.352 e. The Hall–Kier alpha value is -2.95. The van der Waals surface area contributed by atoms with Crippen LogP contribution >= 0.6 is 0 Å². The lowest BCUT2D eigenvalue weighted by molar-refractivity contribution is 0.0954. The minimum atomic E-state index is -0.242. The average molecular weight is 379 g/mol. The lowest BCUT2D eigenvalue weighted by Gasteiger charge is -2.08. The van der Waals surface area contributed by atoms with Gasteiger partial charge in [0.2, 0.25) is 0 Å². The first-order chi connectivity index (χ1) is 13.5. The van der Waals surface area contributed by atoms with Gasteiger partial charge in [0.25, 0.3) is 5.91 Å². The summed E-state index contributed by atoms with van der Waals surface area (Å²) in [6.07, 6.45) is 2.56. The monoisotopic (exact) mass is 379 g/mol. The topological polar surface area (TPSA) is 46.9 Å². The van der Waals surface area contributed by atoms with Gasteiger partial charge < -0.3 is 5.32 Å². The van der Waals surface area contributed by atoms with Crippen LogP contribution in [0.5, 0.6) is 0 Å². The minimum absolute atomic E-state index is 0.164. The summed E-state index contributed by atoms with van der Waals surface area (Å²) in [5.74, 6) is -0.406. The molecule has 0 fully saturated rings. The SMILES string of the molecule is CCCc1c(C)nn(-c2ccc(C(=O)NCCc3ccccc3F)cc2)c1C. The van der Waals surface area contributed by atoms with E-state index in [2.05, 4.69) is 24.3 Å². The maximum absolute atomic E-state index is 13.6. The smallest absolute Gasteiger partial charge is 0.251 e. The Morgan fingerprint density at radius 2 is 1.79 bits per heavy atom. The van der Waals surface area contributed by atoms with Gasteiger partial charge in [-0.15, -0.1) is 0 Å². The average Bonchev–Trinajstić information content (AvgIpc) is 2.98. The van der Waals surface area contributed by atoms with Gasteiger partial charge >= 0.3 is 0 Å². The second-order valence-corrected chi connectivity index (χ2v) is 6.96. The number of benzene rings is 2. The fourth-order valence-electron chi connectivity index (χ4n) is 3.41. The van der Waals surface area contributed by atoms with E-state index >= 15 is 0 Å². The third-order valence-corrected chi connectivity index (χ3v) is 4.95. The van der Waals surface area contributed by atoms with Crippen molar-refractivity contribution in [3.05, 3.63) is 82.4 Å². The summed E-state index contributed by atoms with van der Waals surface area (Å²) in [7, 11) is 0. The van der Waals surface area contributed by atoms with Crippen LogP contribution in [0.1, 0.15) is 46.2 Å². The van der Waals surface area contributed by atoms with Crippen LogP contribution in [0, 0.1) is 19.7 Å². The van der Waals surface area contributed by atoms with Gasteiger partial charge in [0.15, 0.2) is 0 Å². The number of carbonyl (C=O) groups is 1. The van der Waals surface area contributed by atoms with Crippen LogP contribution in [0.4, 0.5) is 4.39 Å². The van der Waals surface area contributed by atoms with Gasteiger partial charge in [-0.3, -0.25) is 4.79 Å². The van der Waals surface area contributed by atoms with Crippen LogP contribution in [0.15, 0.2) is 48.5 Å². The molecular weight excluding hydrogens is 353 g/mol. The number of hydrogen-bond acceptors (Lipinski definition) is 2. The highest BCUT2D eigenvalue weighted by Gasteiger charge is 2.13. The molecule has 146 valence electrons. The third-order valence-electron chi connectivity index (χ3n) is 4.95. The molecule has 0 atom stereocenters. The molecule has 0 spiro atoms. The highest BCUT2D eigenvalue weighted by molar-refractivity contribution is 5.94. The number of nitrogens with one attached hydrogen (secondary N) is 1. The maximum Gasteiger partial charge on any atom is 0.251 e. The van der Waals surface area contributed by atoms with Crippen LogP contribution in [0.2, 0.25) is 0 Å². The Balaban J connectivity index is 1.65. The molecule has 1 heterocycles. The molecule has 2 aromatic carbocycles. The molecule has 0 unspecified atom stereocenters. The molecule has 0 aliphatic heterocycles. The molecule has 0 saturated heterocycles. The second kappa shape index (κ2) is 8.83. The largest absolute Gasteiger partial charge is 0.352 e. The third kappa shape index (κ3) is 4.30. The van der Waals surface area contributed by atoms with Gasteiger partial charge in [-0.1, -0.05) is 31.5 Å². The van der Waals surface area contributed by atoms with Crippen molar-refractivity contribution < 1.29 is 9.18 Å². The van der Waals surface area contributed by atoms with Crippen molar-refractivity contribution in [2.45, 2.75) is 40.0 Å². The van der Waals surface area contributed by atoms with Crippen molar-refractivity contribution in [2.75, 3.05) is 6.54 Å². The summed E-state index contributed by atoms with van der Waals surface area (Å²) >= 11 is 0. The van der Waals surface area contributed by atoms with Crippen molar-refractivity contribution >= 4 is 5.91 Å². The summed E-state index contributed by atoms with van der Waals surface area (Å²) in [4.78, 5) is 12.4. The summed E-state index contributed by atoms with van der Waals surface area (Å²) in [5, 5.41) is 7.49. The quantitative estimate of drug-likeness (QED) is 0.654. The summed E-state index contributed by atoms with van der Waals surface area (Å²) < 4.78 is 15.6. The van der Waals surface area contributed by atoms with Crippen molar-refractivity contribution in [3.8, 4) is 5.69 Å². The molecule has 0 aliphatic rings. The van der Waals surface area contributed by atoms with Gasteiger partial charge in [0.05, 0.1) is 11.4 Å². The normalized spacial score (nSPS) is 10.9. The molecule has 0 aliphatic carbocycles.